The van der Waals surface area contributed by atoms with Crippen LogP contribution in [0.3, 0.4) is 0 Å². The number of benzene rings is 2. The first-order valence-corrected chi connectivity index (χ1v) is 8.42. The number of fused-ring (bicyclic) bond motifs is 1. The molecule has 0 saturated heterocycles. The highest BCUT2D eigenvalue weighted by atomic mass is 16.5. The standard InChI is InChI=1S/C21H24N2O2/c1-21(2,3)17-7-5-6-8-19(17)23-20(24)11-14-13-22-18-10-9-15(25-4)12-16(14)18/h5-10,12-13,22H,11H2,1-4H3,(H,23,24). The molecule has 1 heterocycles. The second kappa shape index (κ2) is 6.63. The van der Waals surface area contributed by atoms with Crippen LogP contribution in [0.2, 0.25) is 0 Å². The molecule has 4 heteroatoms. The van der Waals surface area contributed by atoms with Gasteiger partial charge in [-0.1, -0.05) is 39.0 Å². The van der Waals surface area contributed by atoms with E-state index in [0.29, 0.717) is 6.42 Å². The van der Waals surface area contributed by atoms with Gasteiger partial charge in [-0.05, 0) is 40.8 Å². The molecule has 0 unspecified atom stereocenters. The number of hydrogen-bond acceptors (Lipinski definition) is 2. The number of amides is 1. The molecule has 0 aliphatic heterocycles. The van der Waals surface area contributed by atoms with Crippen LogP contribution < -0.4 is 10.1 Å². The molecule has 2 N–H and O–H groups in total. The van der Waals surface area contributed by atoms with Gasteiger partial charge >= 0.3 is 0 Å². The fourth-order valence-electron chi connectivity index (χ4n) is 3.04. The van der Waals surface area contributed by atoms with E-state index in [1.165, 1.54) is 0 Å². The largest absolute Gasteiger partial charge is 0.497 e. The summed E-state index contributed by atoms with van der Waals surface area (Å²) in [5.41, 5.74) is 3.93. The highest BCUT2D eigenvalue weighted by molar-refractivity contribution is 5.96. The Morgan fingerprint density at radius 3 is 2.64 bits per heavy atom. The average molecular weight is 336 g/mol. The number of aromatic amines is 1. The fourth-order valence-corrected chi connectivity index (χ4v) is 3.04. The molecule has 0 atom stereocenters. The molecule has 0 radical (unpaired) electrons. The number of hydrogen-bond donors (Lipinski definition) is 2. The smallest absolute Gasteiger partial charge is 0.228 e. The van der Waals surface area contributed by atoms with Crippen LogP contribution in [0, 0.1) is 0 Å². The van der Waals surface area contributed by atoms with E-state index in [2.05, 4.69) is 37.1 Å². The van der Waals surface area contributed by atoms with Crippen LogP contribution in [0.15, 0.2) is 48.7 Å². The molecule has 0 saturated carbocycles. The van der Waals surface area contributed by atoms with Crippen LogP contribution in [0.25, 0.3) is 10.9 Å². The van der Waals surface area contributed by atoms with E-state index in [1.54, 1.807) is 7.11 Å². The van der Waals surface area contributed by atoms with Gasteiger partial charge in [0.25, 0.3) is 0 Å². The topological polar surface area (TPSA) is 54.1 Å². The Balaban J connectivity index is 1.82. The summed E-state index contributed by atoms with van der Waals surface area (Å²) < 4.78 is 5.29. The first-order chi connectivity index (χ1) is 11.9. The summed E-state index contributed by atoms with van der Waals surface area (Å²) in [4.78, 5) is 15.8. The van der Waals surface area contributed by atoms with Crippen LogP contribution in [0.5, 0.6) is 5.75 Å². The number of rotatable bonds is 4. The van der Waals surface area contributed by atoms with Gasteiger partial charge < -0.3 is 15.0 Å². The number of ether oxygens (including phenoxy) is 1. The van der Waals surface area contributed by atoms with Crippen molar-refractivity contribution in [3.8, 4) is 5.75 Å². The third-order valence-electron chi connectivity index (χ3n) is 4.33. The van der Waals surface area contributed by atoms with Gasteiger partial charge in [0.15, 0.2) is 0 Å². The van der Waals surface area contributed by atoms with Crippen LogP contribution in [0.4, 0.5) is 5.69 Å². The van der Waals surface area contributed by atoms with Crippen molar-refractivity contribution in [1.29, 1.82) is 0 Å². The van der Waals surface area contributed by atoms with Crippen molar-refractivity contribution in [2.24, 2.45) is 0 Å². The number of carbonyl (C=O) groups is 1. The number of carbonyl (C=O) groups excluding carboxylic acids is 1. The summed E-state index contributed by atoms with van der Waals surface area (Å²) in [6, 6.07) is 13.8. The minimum absolute atomic E-state index is 0.0274. The molecule has 2 aromatic carbocycles. The maximum atomic E-state index is 12.6. The number of H-pyrrole nitrogens is 1. The Morgan fingerprint density at radius 2 is 1.92 bits per heavy atom. The van der Waals surface area contributed by atoms with E-state index < -0.39 is 0 Å². The lowest BCUT2D eigenvalue weighted by Gasteiger charge is -2.23. The van der Waals surface area contributed by atoms with Crippen LogP contribution in [0.1, 0.15) is 31.9 Å². The maximum absolute atomic E-state index is 12.6. The van der Waals surface area contributed by atoms with Gasteiger partial charge in [-0.25, -0.2) is 0 Å². The molecule has 0 fully saturated rings. The Kier molecular flexibility index (Phi) is 4.53. The number of para-hydroxylation sites is 1. The van der Waals surface area contributed by atoms with Crippen LogP contribution >= 0.6 is 0 Å². The molecule has 0 spiro atoms. The predicted octanol–water partition coefficient (Wildman–Crippen LogP) is 4.66. The highest BCUT2D eigenvalue weighted by Crippen LogP contribution is 2.29. The van der Waals surface area contributed by atoms with E-state index in [1.807, 2.05) is 42.6 Å². The first-order valence-electron chi connectivity index (χ1n) is 8.42. The Morgan fingerprint density at radius 1 is 1.16 bits per heavy atom. The lowest BCUT2D eigenvalue weighted by molar-refractivity contribution is -0.115. The molecule has 130 valence electrons. The van der Waals surface area contributed by atoms with E-state index in [4.69, 9.17) is 4.74 Å². The molecule has 4 nitrogen and oxygen atoms in total. The minimum Gasteiger partial charge on any atom is -0.497 e. The zero-order valence-corrected chi connectivity index (χ0v) is 15.1. The zero-order valence-electron chi connectivity index (χ0n) is 15.1. The van der Waals surface area contributed by atoms with E-state index in [-0.39, 0.29) is 11.3 Å². The quantitative estimate of drug-likeness (QED) is 0.728. The van der Waals surface area contributed by atoms with E-state index >= 15 is 0 Å². The number of anilines is 1. The van der Waals surface area contributed by atoms with Crippen molar-refractivity contribution in [2.75, 3.05) is 12.4 Å². The maximum Gasteiger partial charge on any atom is 0.228 e. The number of methoxy groups -OCH3 is 1. The molecular formula is C21H24N2O2. The van der Waals surface area contributed by atoms with Crippen molar-refractivity contribution in [1.82, 2.24) is 4.98 Å². The Labute approximate surface area is 148 Å². The monoisotopic (exact) mass is 336 g/mol. The van der Waals surface area contributed by atoms with Crippen molar-refractivity contribution >= 4 is 22.5 Å². The molecule has 3 rings (SSSR count). The summed E-state index contributed by atoms with van der Waals surface area (Å²) in [6.07, 6.45) is 2.20. The van der Waals surface area contributed by atoms with Gasteiger partial charge in [0.1, 0.15) is 5.75 Å². The van der Waals surface area contributed by atoms with Gasteiger partial charge in [0, 0.05) is 22.8 Å². The molecule has 1 amide bonds. The normalized spacial score (nSPS) is 11.5. The third-order valence-corrected chi connectivity index (χ3v) is 4.33. The second-order valence-corrected chi connectivity index (χ2v) is 7.25. The van der Waals surface area contributed by atoms with Crippen molar-refractivity contribution in [3.63, 3.8) is 0 Å². The van der Waals surface area contributed by atoms with Crippen molar-refractivity contribution in [2.45, 2.75) is 32.6 Å². The summed E-state index contributed by atoms with van der Waals surface area (Å²) in [5.74, 6) is 0.757. The summed E-state index contributed by atoms with van der Waals surface area (Å²) in [7, 11) is 1.64. The van der Waals surface area contributed by atoms with Crippen LogP contribution in [-0.4, -0.2) is 18.0 Å². The molecule has 1 aromatic heterocycles. The van der Waals surface area contributed by atoms with Crippen molar-refractivity contribution in [3.05, 3.63) is 59.8 Å². The molecular weight excluding hydrogens is 312 g/mol. The lowest BCUT2D eigenvalue weighted by Crippen LogP contribution is -2.19. The van der Waals surface area contributed by atoms with Gasteiger partial charge in [0.2, 0.25) is 5.91 Å². The van der Waals surface area contributed by atoms with Crippen LogP contribution in [-0.2, 0) is 16.6 Å². The highest BCUT2D eigenvalue weighted by Gasteiger charge is 2.19. The average Bonchev–Trinajstić information content (AvgIpc) is 2.96. The van der Waals surface area contributed by atoms with Gasteiger partial charge in [-0.3, -0.25) is 4.79 Å². The van der Waals surface area contributed by atoms with Crippen molar-refractivity contribution < 1.29 is 9.53 Å². The summed E-state index contributed by atoms with van der Waals surface area (Å²) >= 11 is 0. The zero-order chi connectivity index (χ0) is 18.0. The summed E-state index contributed by atoms with van der Waals surface area (Å²) in [6.45, 7) is 6.43. The third kappa shape index (κ3) is 3.68. The lowest BCUT2D eigenvalue weighted by atomic mass is 9.86. The summed E-state index contributed by atoms with van der Waals surface area (Å²) in [5, 5.41) is 4.08. The van der Waals surface area contributed by atoms with Gasteiger partial charge in [0.05, 0.1) is 13.5 Å². The molecule has 3 aromatic rings. The Hall–Kier alpha value is -2.75. The minimum atomic E-state index is -0.0297. The van der Waals surface area contributed by atoms with E-state index in [0.717, 1.165) is 33.5 Å². The number of nitrogens with one attached hydrogen (secondary N) is 2. The Bertz CT molecular complexity index is 904. The fraction of sp³-hybridized carbons (Fsp3) is 0.286. The van der Waals surface area contributed by atoms with Gasteiger partial charge in [-0.15, -0.1) is 0 Å². The molecule has 0 bridgehead atoms. The second-order valence-electron chi connectivity index (χ2n) is 7.25. The van der Waals surface area contributed by atoms with Gasteiger partial charge in [-0.2, -0.15) is 0 Å². The van der Waals surface area contributed by atoms with E-state index in [9.17, 15) is 4.79 Å². The molecule has 0 aliphatic carbocycles. The number of aromatic nitrogens is 1. The molecule has 0 aliphatic rings. The predicted molar refractivity (Wildman–Crippen MR) is 102 cm³/mol. The molecule has 25 heavy (non-hydrogen) atoms. The first kappa shape index (κ1) is 17.1. The SMILES string of the molecule is COc1ccc2[nH]cc(CC(=O)Nc3ccccc3C(C)(C)C)c2c1.